The van der Waals surface area contributed by atoms with E-state index in [0.717, 1.165) is 5.56 Å². The summed E-state index contributed by atoms with van der Waals surface area (Å²) < 4.78 is 12.7. The maximum Gasteiger partial charge on any atom is 0.244 e. The number of nitrogens with one attached hydrogen (secondary N) is 1. The zero-order valence-electron chi connectivity index (χ0n) is 8.66. The Morgan fingerprint density at radius 3 is 2.60 bits per heavy atom. The Morgan fingerprint density at radius 1 is 1.40 bits per heavy atom. The second-order valence-electron chi connectivity index (χ2n) is 3.06. The average molecular weight is 207 g/mol. The van der Waals surface area contributed by atoms with Crippen molar-refractivity contribution in [2.75, 3.05) is 13.2 Å². The lowest BCUT2D eigenvalue weighted by Gasteiger charge is -2.03. The van der Waals surface area contributed by atoms with E-state index in [-0.39, 0.29) is 5.91 Å². The van der Waals surface area contributed by atoms with E-state index >= 15 is 0 Å². The molecule has 0 heterocycles. The molecule has 0 aliphatic heterocycles. The molecule has 0 aliphatic rings. The summed E-state index contributed by atoms with van der Waals surface area (Å²) in [5.74, 6) is -0.256. The molecule has 3 heteroatoms. The predicted octanol–water partition coefficient (Wildman–Crippen LogP) is 2.18. The van der Waals surface area contributed by atoms with Gasteiger partial charge in [-0.2, -0.15) is 0 Å². The van der Waals surface area contributed by atoms with Gasteiger partial charge in [0.2, 0.25) is 5.91 Å². The van der Waals surface area contributed by atoms with Gasteiger partial charge in [-0.05, 0) is 18.1 Å². The fourth-order valence-corrected chi connectivity index (χ4v) is 1.23. The van der Waals surface area contributed by atoms with Crippen molar-refractivity contribution in [3.05, 3.63) is 42.0 Å². The lowest BCUT2D eigenvalue weighted by atomic mass is 10.1. The SMILES string of the molecule is CCNC(=O)/C=C(/CF)c1ccccc1. The molecular weight excluding hydrogens is 193 g/mol. The molecule has 0 spiro atoms. The highest BCUT2D eigenvalue weighted by molar-refractivity contribution is 5.95. The van der Waals surface area contributed by atoms with E-state index in [1.54, 1.807) is 12.1 Å². The van der Waals surface area contributed by atoms with E-state index in [2.05, 4.69) is 5.32 Å². The smallest absolute Gasteiger partial charge is 0.244 e. The molecule has 0 atom stereocenters. The Balaban J connectivity index is 2.84. The van der Waals surface area contributed by atoms with Crippen LogP contribution in [-0.4, -0.2) is 19.1 Å². The largest absolute Gasteiger partial charge is 0.353 e. The number of hydrogen-bond donors (Lipinski definition) is 1. The Bertz CT molecular complexity index is 346. The van der Waals surface area contributed by atoms with Crippen LogP contribution in [0.4, 0.5) is 4.39 Å². The van der Waals surface area contributed by atoms with Crippen LogP contribution >= 0.6 is 0 Å². The quantitative estimate of drug-likeness (QED) is 0.753. The van der Waals surface area contributed by atoms with Crippen molar-refractivity contribution in [1.29, 1.82) is 0 Å². The molecule has 0 aromatic heterocycles. The molecule has 15 heavy (non-hydrogen) atoms. The first-order valence-corrected chi connectivity index (χ1v) is 4.87. The fourth-order valence-electron chi connectivity index (χ4n) is 1.23. The van der Waals surface area contributed by atoms with Crippen LogP contribution in [0, 0.1) is 0 Å². The number of hydrogen-bond acceptors (Lipinski definition) is 1. The van der Waals surface area contributed by atoms with Gasteiger partial charge in [-0.1, -0.05) is 30.3 Å². The third-order valence-electron chi connectivity index (χ3n) is 1.94. The van der Waals surface area contributed by atoms with E-state index in [9.17, 15) is 9.18 Å². The van der Waals surface area contributed by atoms with E-state index in [4.69, 9.17) is 0 Å². The summed E-state index contributed by atoms with van der Waals surface area (Å²) in [5, 5.41) is 2.60. The summed E-state index contributed by atoms with van der Waals surface area (Å²) in [6.07, 6.45) is 1.30. The molecule has 0 fully saturated rings. The third-order valence-corrected chi connectivity index (χ3v) is 1.94. The summed E-state index contributed by atoms with van der Waals surface area (Å²) in [6.45, 7) is 1.73. The van der Waals surface area contributed by atoms with Crippen molar-refractivity contribution >= 4 is 11.5 Å². The first kappa shape index (κ1) is 11.4. The number of benzene rings is 1. The highest BCUT2D eigenvalue weighted by Crippen LogP contribution is 2.13. The number of rotatable bonds is 4. The Kier molecular flexibility index (Phi) is 4.54. The van der Waals surface area contributed by atoms with E-state index in [1.165, 1.54) is 6.08 Å². The van der Waals surface area contributed by atoms with Gasteiger partial charge in [-0.25, -0.2) is 4.39 Å². The molecule has 0 saturated carbocycles. The van der Waals surface area contributed by atoms with Crippen LogP contribution in [-0.2, 0) is 4.79 Å². The molecule has 80 valence electrons. The Morgan fingerprint density at radius 2 is 2.07 bits per heavy atom. The molecular formula is C12H14FNO. The van der Waals surface area contributed by atoms with E-state index in [1.807, 2.05) is 25.1 Å². The molecule has 1 aromatic carbocycles. The second kappa shape index (κ2) is 5.96. The second-order valence-corrected chi connectivity index (χ2v) is 3.06. The van der Waals surface area contributed by atoms with E-state index in [0.29, 0.717) is 12.1 Å². The van der Waals surface area contributed by atoms with Crippen LogP contribution in [0.2, 0.25) is 0 Å². The lowest BCUT2D eigenvalue weighted by molar-refractivity contribution is -0.116. The monoisotopic (exact) mass is 207 g/mol. The first-order chi connectivity index (χ1) is 7.27. The van der Waals surface area contributed by atoms with Gasteiger partial charge in [0.15, 0.2) is 0 Å². The van der Waals surface area contributed by atoms with Crippen molar-refractivity contribution in [3.8, 4) is 0 Å². The number of halogens is 1. The molecule has 2 nitrogen and oxygen atoms in total. The zero-order chi connectivity index (χ0) is 11.1. The van der Waals surface area contributed by atoms with Gasteiger partial charge in [0.1, 0.15) is 6.67 Å². The number of carbonyl (C=O) groups excluding carboxylic acids is 1. The van der Waals surface area contributed by atoms with Crippen molar-refractivity contribution in [3.63, 3.8) is 0 Å². The van der Waals surface area contributed by atoms with Crippen molar-refractivity contribution < 1.29 is 9.18 Å². The number of amides is 1. The van der Waals surface area contributed by atoms with Gasteiger partial charge < -0.3 is 5.32 Å². The van der Waals surface area contributed by atoms with Crippen LogP contribution < -0.4 is 5.32 Å². The summed E-state index contributed by atoms with van der Waals surface area (Å²) in [4.78, 5) is 11.2. The molecule has 1 amide bonds. The van der Waals surface area contributed by atoms with Crippen molar-refractivity contribution in [2.24, 2.45) is 0 Å². The van der Waals surface area contributed by atoms with Crippen LogP contribution in [0.1, 0.15) is 12.5 Å². The summed E-state index contributed by atoms with van der Waals surface area (Å²) in [6, 6.07) is 9.05. The maximum absolute atomic E-state index is 12.7. The minimum absolute atomic E-state index is 0.256. The number of alkyl halides is 1. The topological polar surface area (TPSA) is 29.1 Å². The fraction of sp³-hybridized carbons (Fsp3) is 0.250. The standard InChI is InChI=1S/C12H14FNO/c1-2-14-12(15)8-11(9-13)10-6-4-3-5-7-10/h3-8H,2,9H2,1H3,(H,14,15)/b11-8-. The van der Waals surface area contributed by atoms with Crippen LogP contribution in [0.25, 0.3) is 5.57 Å². The summed E-state index contributed by atoms with van der Waals surface area (Å²) >= 11 is 0. The van der Waals surface area contributed by atoms with Gasteiger partial charge in [0, 0.05) is 12.6 Å². The van der Waals surface area contributed by atoms with Gasteiger partial charge in [0.25, 0.3) is 0 Å². The van der Waals surface area contributed by atoms with Crippen LogP contribution in [0.15, 0.2) is 36.4 Å². The van der Waals surface area contributed by atoms with Crippen LogP contribution in [0.5, 0.6) is 0 Å². The van der Waals surface area contributed by atoms with Crippen molar-refractivity contribution in [2.45, 2.75) is 6.92 Å². The number of carbonyl (C=O) groups is 1. The minimum Gasteiger partial charge on any atom is -0.353 e. The minimum atomic E-state index is -0.638. The zero-order valence-corrected chi connectivity index (χ0v) is 8.66. The normalized spacial score (nSPS) is 11.2. The van der Waals surface area contributed by atoms with Gasteiger partial charge >= 0.3 is 0 Å². The molecule has 1 aromatic rings. The molecule has 0 radical (unpaired) electrons. The summed E-state index contributed by atoms with van der Waals surface area (Å²) in [7, 11) is 0. The molecule has 0 unspecified atom stereocenters. The van der Waals surface area contributed by atoms with Gasteiger partial charge in [-0.3, -0.25) is 4.79 Å². The van der Waals surface area contributed by atoms with E-state index < -0.39 is 6.67 Å². The first-order valence-electron chi connectivity index (χ1n) is 4.87. The molecule has 0 aliphatic carbocycles. The van der Waals surface area contributed by atoms with Gasteiger partial charge in [-0.15, -0.1) is 0 Å². The highest BCUT2D eigenvalue weighted by atomic mass is 19.1. The molecule has 1 rings (SSSR count). The number of allylic oxidation sites excluding steroid dienone is 1. The lowest BCUT2D eigenvalue weighted by Crippen LogP contribution is -2.20. The Labute approximate surface area is 88.8 Å². The molecule has 0 saturated heterocycles. The predicted molar refractivity (Wildman–Crippen MR) is 59.1 cm³/mol. The number of likely N-dealkylation sites (N-methyl/N-ethyl adjacent to an activating group) is 1. The summed E-state index contributed by atoms with van der Waals surface area (Å²) in [5.41, 5.74) is 1.15. The van der Waals surface area contributed by atoms with Crippen LogP contribution in [0.3, 0.4) is 0 Å². The molecule has 1 N–H and O–H groups in total. The third kappa shape index (κ3) is 3.54. The Hall–Kier alpha value is -1.64. The van der Waals surface area contributed by atoms with Gasteiger partial charge in [0.05, 0.1) is 0 Å². The average Bonchev–Trinajstić information content (AvgIpc) is 2.27. The maximum atomic E-state index is 12.7. The highest BCUT2D eigenvalue weighted by Gasteiger charge is 2.03. The molecule has 0 bridgehead atoms. The van der Waals surface area contributed by atoms with Crippen molar-refractivity contribution in [1.82, 2.24) is 5.32 Å².